The van der Waals surface area contributed by atoms with Crippen molar-refractivity contribution in [1.82, 2.24) is 19.4 Å². The van der Waals surface area contributed by atoms with Gasteiger partial charge in [0, 0.05) is 55.2 Å². The molecule has 0 unspecified atom stereocenters. The van der Waals surface area contributed by atoms with Crippen molar-refractivity contribution in [2.24, 2.45) is 0 Å². The second kappa shape index (κ2) is 12.0. The highest BCUT2D eigenvalue weighted by Gasteiger charge is 2.27. The number of aryl methyl sites for hydroxylation is 1. The molecule has 0 atom stereocenters. The number of amides is 1. The molecule has 0 bridgehead atoms. The minimum Gasteiger partial charge on any atom is -0.444 e. The van der Waals surface area contributed by atoms with E-state index < -0.39 is 13.7 Å². The highest BCUT2D eigenvalue weighted by Crippen LogP contribution is 2.32. The predicted octanol–water partition coefficient (Wildman–Crippen LogP) is 6.24. The molecular formula is C33H44N6O3Si. The summed E-state index contributed by atoms with van der Waals surface area (Å²) in [7, 11) is -1.66. The third kappa shape index (κ3) is 7.21. The van der Waals surface area contributed by atoms with E-state index in [9.17, 15) is 9.59 Å². The van der Waals surface area contributed by atoms with Crippen LogP contribution in [0.25, 0.3) is 11.0 Å². The highest BCUT2D eigenvalue weighted by atomic mass is 28.3. The van der Waals surface area contributed by atoms with Gasteiger partial charge < -0.3 is 19.9 Å². The monoisotopic (exact) mass is 600 g/mol. The molecule has 1 saturated carbocycles. The molecule has 2 aliphatic rings. The van der Waals surface area contributed by atoms with Gasteiger partial charge in [-0.05, 0) is 70.4 Å². The number of pyridine rings is 1. The smallest absolute Gasteiger partial charge is 0.410 e. The van der Waals surface area contributed by atoms with Gasteiger partial charge in [-0.25, -0.2) is 9.78 Å². The number of nitrogens with one attached hydrogen (secondary N) is 1. The molecule has 5 rings (SSSR count). The van der Waals surface area contributed by atoms with Crippen molar-refractivity contribution >= 4 is 42.5 Å². The maximum Gasteiger partial charge on any atom is 0.410 e. The van der Waals surface area contributed by atoms with Gasteiger partial charge in [-0.15, -0.1) is 5.54 Å². The molecule has 0 spiro atoms. The van der Waals surface area contributed by atoms with Crippen LogP contribution in [0.5, 0.6) is 0 Å². The SMILES string of the molecule is Cc1c(C#C[Si](C)(C)C)c(=O)n(C2CCCC2)c2nc(Nc3ccc(N4CCN(C(=O)OC(C)(C)C)CC4)cc3)ncc12. The first kappa shape index (κ1) is 30.6. The Morgan fingerprint density at radius 3 is 2.30 bits per heavy atom. The number of hydrogen-bond donors (Lipinski definition) is 1. The lowest BCUT2D eigenvalue weighted by Crippen LogP contribution is -2.50. The molecule has 43 heavy (non-hydrogen) atoms. The Bertz CT molecular complexity index is 1610. The Balaban J connectivity index is 1.36. The Morgan fingerprint density at radius 1 is 1.05 bits per heavy atom. The van der Waals surface area contributed by atoms with Gasteiger partial charge in [0.25, 0.3) is 5.56 Å². The van der Waals surface area contributed by atoms with E-state index in [0.29, 0.717) is 30.2 Å². The van der Waals surface area contributed by atoms with E-state index in [0.717, 1.165) is 61.1 Å². The van der Waals surface area contributed by atoms with Crippen LogP contribution in [-0.2, 0) is 4.74 Å². The summed E-state index contributed by atoms with van der Waals surface area (Å²) in [6.07, 6.45) is 5.73. The van der Waals surface area contributed by atoms with E-state index in [1.54, 1.807) is 4.90 Å². The lowest BCUT2D eigenvalue weighted by molar-refractivity contribution is 0.0240. The molecule has 2 fully saturated rings. The van der Waals surface area contributed by atoms with Gasteiger partial charge in [0.2, 0.25) is 5.95 Å². The van der Waals surface area contributed by atoms with E-state index in [1.165, 1.54) is 0 Å². The summed E-state index contributed by atoms with van der Waals surface area (Å²) < 4.78 is 7.41. The van der Waals surface area contributed by atoms with Crippen LogP contribution in [0.2, 0.25) is 19.6 Å². The fourth-order valence-electron chi connectivity index (χ4n) is 5.65. The molecule has 9 nitrogen and oxygen atoms in total. The second-order valence-electron chi connectivity index (χ2n) is 13.7. The van der Waals surface area contributed by atoms with Gasteiger partial charge in [0.05, 0.1) is 5.56 Å². The van der Waals surface area contributed by atoms with Crippen LogP contribution in [0, 0.1) is 18.4 Å². The number of carbonyl (C=O) groups excluding carboxylic acids is 1. The van der Waals surface area contributed by atoms with E-state index in [4.69, 9.17) is 9.72 Å². The van der Waals surface area contributed by atoms with E-state index in [-0.39, 0.29) is 17.7 Å². The van der Waals surface area contributed by atoms with Crippen LogP contribution < -0.4 is 15.8 Å². The normalized spacial score (nSPS) is 16.3. The average Bonchev–Trinajstić information content (AvgIpc) is 3.46. The molecule has 3 heterocycles. The largest absolute Gasteiger partial charge is 0.444 e. The predicted molar refractivity (Wildman–Crippen MR) is 176 cm³/mol. The number of ether oxygens (including phenoxy) is 1. The Hall–Kier alpha value is -3.84. The van der Waals surface area contributed by atoms with E-state index in [2.05, 4.69) is 58.4 Å². The molecule has 1 N–H and O–H groups in total. The summed E-state index contributed by atoms with van der Waals surface area (Å²) in [6, 6.07) is 8.27. The zero-order chi connectivity index (χ0) is 30.9. The minimum atomic E-state index is -1.66. The van der Waals surface area contributed by atoms with Crippen LogP contribution in [0.15, 0.2) is 35.3 Å². The first-order valence-electron chi connectivity index (χ1n) is 15.3. The lowest BCUT2D eigenvalue weighted by Gasteiger charge is -2.36. The van der Waals surface area contributed by atoms with Gasteiger partial charge >= 0.3 is 6.09 Å². The summed E-state index contributed by atoms with van der Waals surface area (Å²) in [6.45, 7) is 16.9. The Morgan fingerprint density at radius 2 is 1.70 bits per heavy atom. The number of anilines is 3. The van der Waals surface area contributed by atoms with Crippen LogP contribution in [0.1, 0.15) is 63.6 Å². The summed E-state index contributed by atoms with van der Waals surface area (Å²) >= 11 is 0. The number of rotatable bonds is 4. The third-order valence-electron chi connectivity index (χ3n) is 7.88. The molecule has 10 heteroatoms. The topological polar surface area (TPSA) is 92.6 Å². The zero-order valence-corrected chi connectivity index (χ0v) is 27.6. The fraction of sp³-hybridized carbons (Fsp3) is 0.515. The second-order valence-corrected chi connectivity index (χ2v) is 18.4. The molecule has 1 aromatic carbocycles. The molecular weight excluding hydrogens is 556 g/mol. The van der Waals surface area contributed by atoms with Gasteiger partial charge in [-0.1, -0.05) is 38.4 Å². The van der Waals surface area contributed by atoms with Gasteiger partial charge in [-0.3, -0.25) is 9.36 Å². The van der Waals surface area contributed by atoms with Crippen LogP contribution in [0.3, 0.4) is 0 Å². The number of hydrogen-bond acceptors (Lipinski definition) is 7. The van der Waals surface area contributed by atoms with Crippen molar-refractivity contribution < 1.29 is 9.53 Å². The molecule has 0 radical (unpaired) electrons. The zero-order valence-electron chi connectivity index (χ0n) is 26.6. The number of fused-ring (bicyclic) bond motifs is 1. The fourth-order valence-corrected chi connectivity index (χ4v) is 6.15. The molecule has 1 saturated heterocycles. The van der Waals surface area contributed by atoms with E-state index >= 15 is 0 Å². The maximum atomic E-state index is 13.8. The third-order valence-corrected chi connectivity index (χ3v) is 8.76. The molecule has 1 amide bonds. The first-order valence-corrected chi connectivity index (χ1v) is 18.8. The maximum absolute atomic E-state index is 13.8. The minimum absolute atomic E-state index is 0.0385. The van der Waals surface area contributed by atoms with Crippen LogP contribution in [-0.4, -0.2) is 65.4 Å². The summed E-state index contributed by atoms with van der Waals surface area (Å²) in [5, 5.41) is 4.21. The number of aromatic nitrogens is 3. The molecule has 3 aromatic rings. The summed E-state index contributed by atoms with van der Waals surface area (Å²) in [5.41, 5.74) is 6.90. The van der Waals surface area contributed by atoms with E-state index in [1.807, 2.05) is 50.6 Å². The van der Waals surface area contributed by atoms with Crippen molar-refractivity contribution in [3.8, 4) is 11.5 Å². The Labute approximate surface area is 255 Å². The van der Waals surface area contributed by atoms with Crippen molar-refractivity contribution in [2.45, 2.75) is 84.7 Å². The van der Waals surface area contributed by atoms with Crippen molar-refractivity contribution in [1.29, 1.82) is 0 Å². The van der Waals surface area contributed by atoms with Crippen molar-refractivity contribution in [3.05, 3.63) is 51.9 Å². The van der Waals surface area contributed by atoms with Crippen LogP contribution in [0.4, 0.5) is 22.1 Å². The number of carbonyl (C=O) groups is 1. The number of benzene rings is 1. The lowest BCUT2D eigenvalue weighted by atomic mass is 10.1. The van der Waals surface area contributed by atoms with Crippen LogP contribution >= 0.6 is 0 Å². The Kier molecular flexibility index (Phi) is 8.57. The molecule has 228 valence electrons. The standard InChI is InChI=1S/C33H44N6O3Si/c1-23-27(16-21-43(5,6)7)30(40)39(26-10-8-9-11-26)29-28(23)22-34-31(36-29)35-24-12-14-25(15-13-24)37-17-19-38(20-18-37)32(41)42-33(2,3)4/h12-15,22,26H,8-11,17-20H2,1-7H3,(H,34,35,36). The molecule has 1 aliphatic heterocycles. The van der Waals surface area contributed by atoms with Crippen molar-refractivity contribution in [2.75, 3.05) is 36.4 Å². The van der Waals surface area contributed by atoms with Gasteiger partial charge in [0.1, 0.15) is 19.3 Å². The average molecular weight is 601 g/mol. The first-order chi connectivity index (χ1) is 20.3. The van der Waals surface area contributed by atoms with Gasteiger partial charge in [-0.2, -0.15) is 4.98 Å². The molecule has 2 aromatic heterocycles. The summed E-state index contributed by atoms with van der Waals surface area (Å²) in [5.74, 6) is 3.71. The number of nitrogens with zero attached hydrogens (tertiary/aromatic N) is 5. The highest BCUT2D eigenvalue weighted by molar-refractivity contribution is 6.83. The van der Waals surface area contributed by atoms with Gasteiger partial charge in [0.15, 0.2) is 0 Å². The van der Waals surface area contributed by atoms with Crippen molar-refractivity contribution in [3.63, 3.8) is 0 Å². The quantitative estimate of drug-likeness (QED) is 0.280. The summed E-state index contributed by atoms with van der Waals surface area (Å²) in [4.78, 5) is 39.8. The number of piperazine rings is 1. The molecule has 1 aliphatic carbocycles.